The lowest BCUT2D eigenvalue weighted by Crippen LogP contribution is -2.27. The Hall–Kier alpha value is -2.90. The summed E-state index contributed by atoms with van der Waals surface area (Å²) >= 11 is 0. The van der Waals surface area contributed by atoms with Gasteiger partial charge in [0.2, 0.25) is 5.91 Å². The third-order valence-corrected chi connectivity index (χ3v) is 2.27. The van der Waals surface area contributed by atoms with E-state index in [4.69, 9.17) is 5.73 Å². The summed E-state index contributed by atoms with van der Waals surface area (Å²) in [6, 6.07) is 5.33. The SMILES string of the molecule is Nc1ccc(=O)n(CC(=O)Nc2ccc(=O)[nH]n2)c1. The van der Waals surface area contributed by atoms with Gasteiger partial charge in [0.15, 0.2) is 5.82 Å². The molecular weight excluding hydrogens is 250 g/mol. The van der Waals surface area contributed by atoms with E-state index in [9.17, 15) is 14.4 Å². The van der Waals surface area contributed by atoms with Crippen LogP contribution >= 0.6 is 0 Å². The molecule has 98 valence electrons. The summed E-state index contributed by atoms with van der Waals surface area (Å²) in [6.45, 7) is -0.190. The van der Waals surface area contributed by atoms with E-state index in [1.807, 2.05) is 0 Å². The van der Waals surface area contributed by atoms with E-state index in [-0.39, 0.29) is 23.5 Å². The Balaban J connectivity index is 2.09. The molecule has 0 saturated carbocycles. The van der Waals surface area contributed by atoms with Gasteiger partial charge >= 0.3 is 0 Å². The fraction of sp³-hybridized carbons (Fsp3) is 0.0909. The average Bonchev–Trinajstić information content (AvgIpc) is 2.37. The van der Waals surface area contributed by atoms with Crippen LogP contribution in [0.3, 0.4) is 0 Å². The topological polar surface area (TPSA) is 123 Å². The molecule has 2 rings (SSSR count). The number of aromatic amines is 1. The van der Waals surface area contributed by atoms with Gasteiger partial charge in [0.05, 0.1) is 0 Å². The van der Waals surface area contributed by atoms with Crippen molar-refractivity contribution in [3.8, 4) is 0 Å². The first-order valence-electron chi connectivity index (χ1n) is 5.36. The predicted octanol–water partition coefficient (Wildman–Crippen LogP) is -0.848. The van der Waals surface area contributed by atoms with Crippen molar-refractivity contribution in [3.05, 3.63) is 51.2 Å². The number of nitrogens with one attached hydrogen (secondary N) is 2. The molecule has 8 nitrogen and oxygen atoms in total. The van der Waals surface area contributed by atoms with Crippen molar-refractivity contribution in [2.45, 2.75) is 6.54 Å². The first-order valence-corrected chi connectivity index (χ1v) is 5.36. The van der Waals surface area contributed by atoms with Crippen molar-refractivity contribution < 1.29 is 4.79 Å². The molecule has 0 fully saturated rings. The number of rotatable bonds is 3. The lowest BCUT2D eigenvalue weighted by molar-refractivity contribution is -0.116. The number of H-pyrrole nitrogens is 1. The van der Waals surface area contributed by atoms with Crippen molar-refractivity contribution in [2.24, 2.45) is 0 Å². The third kappa shape index (κ3) is 3.28. The highest BCUT2D eigenvalue weighted by molar-refractivity contribution is 5.89. The van der Waals surface area contributed by atoms with Gasteiger partial charge in [-0.2, -0.15) is 5.10 Å². The van der Waals surface area contributed by atoms with Gasteiger partial charge in [-0.05, 0) is 12.1 Å². The summed E-state index contributed by atoms with van der Waals surface area (Å²) in [5.41, 5.74) is 5.21. The Bertz CT molecular complexity index is 698. The highest BCUT2D eigenvalue weighted by Gasteiger charge is 2.06. The van der Waals surface area contributed by atoms with Gasteiger partial charge in [-0.1, -0.05) is 0 Å². The molecule has 0 spiro atoms. The summed E-state index contributed by atoms with van der Waals surface area (Å²) in [7, 11) is 0. The summed E-state index contributed by atoms with van der Waals surface area (Å²) in [5, 5.41) is 8.24. The van der Waals surface area contributed by atoms with Crippen molar-refractivity contribution >= 4 is 17.4 Å². The number of nitrogens with two attached hydrogens (primary N) is 1. The van der Waals surface area contributed by atoms with Crippen molar-refractivity contribution in [2.75, 3.05) is 11.1 Å². The molecular formula is C11H11N5O3. The van der Waals surface area contributed by atoms with Crippen LogP contribution in [0.25, 0.3) is 0 Å². The molecule has 1 amide bonds. The van der Waals surface area contributed by atoms with E-state index in [0.717, 1.165) is 0 Å². The molecule has 8 heteroatoms. The zero-order valence-corrected chi connectivity index (χ0v) is 9.79. The monoisotopic (exact) mass is 261 g/mol. The fourth-order valence-corrected chi connectivity index (χ4v) is 1.42. The highest BCUT2D eigenvalue weighted by atomic mass is 16.2. The lowest BCUT2D eigenvalue weighted by Gasteiger charge is -2.06. The number of pyridine rings is 1. The molecule has 0 aliphatic heterocycles. The summed E-state index contributed by atoms with van der Waals surface area (Å²) in [4.78, 5) is 33.9. The minimum atomic E-state index is -0.452. The standard InChI is InChI=1S/C11H11N5O3/c12-7-1-4-11(19)16(5-7)6-10(18)13-8-2-3-9(17)15-14-8/h1-5H,6,12H2,(H,15,17)(H,13,14,18). The normalized spacial score (nSPS) is 10.1. The van der Waals surface area contributed by atoms with Gasteiger partial charge in [0.25, 0.3) is 11.1 Å². The predicted molar refractivity (Wildman–Crippen MR) is 68.6 cm³/mol. The summed E-state index contributed by atoms with van der Waals surface area (Å²) in [6.07, 6.45) is 1.38. The Kier molecular flexibility index (Phi) is 3.42. The number of anilines is 2. The van der Waals surface area contributed by atoms with Crippen LogP contribution in [0.15, 0.2) is 40.1 Å². The minimum Gasteiger partial charge on any atom is -0.398 e. The average molecular weight is 261 g/mol. The molecule has 0 radical (unpaired) electrons. The van der Waals surface area contributed by atoms with E-state index in [2.05, 4.69) is 15.5 Å². The van der Waals surface area contributed by atoms with Gasteiger partial charge in [0, 0.05) is 24.0 Å². The molecule has 2 aromatic rings. The second-order valence-electron chi connectivity index (χ2n) is 3.78. The Labute approximate surface area is 106 Å². The van der Waals surface area contributed by atoms with E-state index >= 15 is 0 Å². The van der Waals surface area contributed by atoms with Crippen LogP contribution in [0, 0.1) is 0 Å². The molecule has 0 atom stereocenters. The van der Waals surface area contributed by atoms with E-state index in [1.165, 1.54) is 35.0 Å². The van der Waals surface area contributed by atoms with E-state index < -0.39 is 5.91 Å². The van der Waals surface area contributed by atoms with Crippen LogP contribution in [-0.2, 0) is 11.3 Å². The van der Waals surface area contributed by atoms with Crippen molar-refractivity contribution in [3.63, 3.8) is 0 Å². The molecule has 2 aromatic heterocycles. The van der Waals surface area contributed by atoms with Crippen LogP contribution < -0.4 is 22.2 Å². The molecule has 2 heterocycles. The number of hydrogen-bond acceptors (Lipinski definition) is 5. The summed E-state index contributed by atoms with van der Waals surface area (Å²) in [5.74, 6) is -0.256. The first-order chi connectivity index (χ1) is 9.04. The number of carbonyl (C=O) groups excluding carboxylic acids is 1. The molecule has 0 aliphatic carbocycles. The minimum absolute atomic E-state index is 0.190. The summed E-state index contributed by atoms with van der Waals surface area (Å²) < 4.78 is 1.18. The van der Waals surface area contributed by atoms with E-state index in [1.54, 1.807) is 0 Å². The maximum Gasteiger partial charge on any atom is 0.264 e. The largest absolute Gasteiger partial charge is 0.398 e. The molecule has 0 saturated heterocycles. The van der Waals surface area contributed by atoms with Crippen LogP contribution in [0.5, 0.6) is 0 Å². The van der Waals surface area contributed by atoms with Crippen LogP contribution in [0.4, 0.5) is 11.5 Å². The Morgan fingerprint density at radius 1 is 1.32 bits per heavy atom. The van der Waals surface area contributed by atoms with Crippen LogP contribution in [0.1, 0.15) is 0 Å². The molecule has 0 bridgehead atoms. The Morgan fingerprint density at radius 3 is 2.79 bits per heavy atom. The lowest BCUT2D eigenvalue weighted by atomic mass is 10.4. The zero-order chi connectivity index (χ0) is 13.8. The first kappa shape index (κ1) is 12.6. The van der Waals surface area contributed by atoms with Gasteiger partial charge in [-0.25, -0.2) is 5.10 Å². The number of nitrogens with zero attached hydrogens (tertiary/aromatic N) is 2. The maximum atomic E-state index is 11.7. The van der Waals surface area contributed by atoms with Gasteiger partial charge in [0.1, 0.15) is 6.54 Å². The maximum absolute atomic E-state index is 11.7. The highest BCUT2D eigenvalue weighted by Crippen LogP contribution is 1.98. The van der Waals surface area contributed by atoms with Crippen LogP contribution in [-0.4, -0.2) is 20.7 Å². The second-order valence-corrected chi connectivity index (χ2v) is 3.78. The molecule has 4 N–H and O–H groups in total. The van der Waals surface area contributed by atoms with Crippen molar-refractivity contribution in [1.82, 2.24) is 14.8 Å². The quantitative estimate of drug-likeness (QED) is 0.664. The smallest absolute Gasteiger partial charge is 0.264 e. The molecule has 0 aliphatic rings. The zero-order valence-electron chi connectivity index (χ0n) is 9.79. The number of aromatic nitrogens is 3. The van der Waals surface area contributed by atoms with Gasteiger partial charge in [-0.3, -0.25) is 14.4 Å². The number of carbonyl (C=O) groups is 1. The number of hydrogen-bond donors (Lipinski definition) is 3. The van der Waals surface area contributed by atoms with E-state index in [0.29, 0.717) is 5.69 Å². The number of amides is 1. The number of nitrogen functional groups attached to an aromatic ring is 1. The fourth-order valence-electron chi connectivity index (χ4n) is 1.42. The molecule has 19 heavy (non-hydrogen) atoms. The second kappa shape index (κ2) is 5.17. The van der Waals surface area contributed by atoms with Gasteiger partial charge < -0.3 is 15.6 Å². The van der Waals surface area contributed by atoms with Gasteiger partial charge in [-0.15, -0.1) is 0 Å². The van der Waals surface area contributed by atoms with Crippen LogP contribution in [0.2, 0.25) is 0 Å². The van der Waals surface area contributed by atoms with Crippen molar-refractivity contribution in [1.29, 1.82) is 0 Å². The molecule has 0 aromatic carbocycles. The Morgan fingerprint density at radius 2 is 2.11 bits per heavy atom. The molecule has 0 unspecified atom stereocenters. The third-order valence-electron chi connectivity index (χ3n) is 2.27.